The maximum Gasteiger partial charge on any atom is 0.259 e. The Morgan fingerprint density at radius 2 is 2.05 bits per heavy atom. The summed E-state index contributed by atoms with van der Waals surface area (Å²) in [6.45, 7) is 1.68. The number of methoxy groups -OCH3 is 1. The Hall–Kier alpha value is -2.21. The molecule has 0 amide bonds. The van der Waals surface area contributed by atoms with Crippen LogP contribution in [0.5, 0.6) is 17.4 Å². The molecule has 0 fully saturated rings. The molecule has 0 aliphatic carbocycles. The molecule has 20 heavy (non-hydrogen) atoms. The molecule has 0 bridgehead atoms. The first kappa shape index (κ1) is 14.2. The zero-order valence-corrected chi connectivity index (χ0v) is 11.3. The van der Waals surface area contributed by atoms with Gasteiger partial charge in [-0.3, -0.25) is 0 Å². The van der Waals surface area contributed by atoms with Crippen molar-refractivity contribution in [3.63, 3.8) is 0 Å². The lowest BCUT2D eigenvalue weighted by atomic mass is 10.2. The standard InChI is InChI=1S/C14H15FN2O3/c1-3-10-13(15)14(17-8-16-10)20-11-5-4-9(7-18)6-12(11)19-2/h4-6,8,18H,3,7H2,1-2H3. The molecule has 1 aromatic carbocycles. The van der Waals surface area contributed by atoms with Crippen LogP contribution in [0.1, 0.15) is 18.2 Å². The van der Waals surface area contributed by atoms with Crippen molar-refractivity contribution in [2.75, 3.05) is 7.11 Å². The van der Waals surface area contributed by atoms with Crippen LogP contribution in [0, 0.1) is 5.82 Å². The Bertz CT molecular complexity index is 605. The fourth-order valence-electron chi connectivity index (χ4n) is 1.70. The van der Waals surface area contributed by atoms with E-state index in [1.165, 1.54) is 13.4 Å². The molecule has 0 unspecified atom stereocenters. The summed E-state index contributed by atoms with van der Waals surface area (Å²) in [6.07, 6.45) is 1.71. The molecular weight excluding hydrogens is 263 g/mol. The molecule has 106 valence electrons. The molecule has 1 N–H and O–H groups in total. The van der Waals surface area contributed by atoms with Crippen LogP contribution in [0.2, 0.25) is 0 Å². The molecule has 6 heteroatoms. The molecule has 0 spiro atoms. The summed E-state index contributed by atoms with van der Waals surface area (Å²) in [6, 6.07) is 4.88. The molecule has 2 aromatic rings. The summed E-state index contributed by atoms with van der Waals surface area (Å²) >= 11 is 0. The van der Waals surface area contributed by atoms with E-state index in [0.717, 1.165) is 0 Å². The predicted octanol–water partition coefficient (Wildman–Crippen LogP) is 2.47. The quantitative estimate of drug-likeness (QED) is 0.910. The molecule has 0 aliphatic rings. The van der Waals surface area contributed by atoms with E-state index in [0.29, 0.717) is 29.2 Å². The number of aryl methyl sites for hydroxylation is 1. The largest absolute Gasteiger partial charge is 0.493 e. The number of hydrogen-bond acceptors (Lipinski definition) is 5. The van der Waals surface area contributed by atoms with Crippen molar-refractivity contribution in [3.8, 4) is 17.4 Å². The van der Waals surface area contributed by atoms with Gasteiger partial charge in [0.15, 0.2) is 11.5 Å². The highest BCUT2D eigenvalue weighted by Crippen LogP contribution is 2.32. The van der Waals surface area contributed by atoms with Crippen molar-refractivity contribution >= 4 is 0 Å². The van der Waals surface area contributed by atoms with Gasteiger partial charge in [0.1, 0.15) is 6.33 Å². The third-order valence-electron chi connectivity index (χ3n) is 2.78. The summed E-state index contributed by atoms with van der Waals surface area (Å²) in [4.78, 5) is 7.63. The topological polar surface area (TPSA) is 64.5 Å². The smallest absolute Gasteiger partial charge is 0.259 e. The summed E-state index contributed by atoms with van der Waals surface area (Å²) in [7, 11) is 1.47. The van der Waals surface area contributed by atoms with Gasteiger partial charge in [-0.1, -0.05) is 13.0 Å². The molecular formula is C14H15FN2O3. The monoisotopic (exact) mass is 278 g/mol. The highest BCUT2D eigenvalue weighted by molar-refractivity contribution is 5.44. The minimum atomic E-state index is -0.580. The van der Waals surface area contributed by atoms with E-state index >= 15 is 0 Å². The Labute approximate surface area is 116 Å². The number of aliphatic hydroxyl groups is 1. The average Bonchev–Trinajstić information content (AvgIpc) is 2.49. The number of benzene rings is 1. The Morgan fingerprint density at radius 1 is 1.25 bits per heavy atom. The lowest BCUT2D eigenvalue weighted by molar-refractivity contribution is 0.280. The normalized spacial score (nSPS) is 10.4. The minimum absolute atomic E-state index is 0.113. The number of hydrogen-bond donors (Lipinski definition) is 1. The van der Waals surface area contributed by atoms with Crippen LogP contribution in [0.4, 0.5) is 4.39 Å². The Kier molecular flexibility index (Phi) is 4.47. The van der Waals surface area contributed by atoms with E-state index in [1.54, 1.807) is 25.1 Å². The first-order valence-electron chi connectivity index (χ1n) is 6.14. The van der Waals surface area contributed by atoms with Crippen LogP contribution in [0.15, 0.2) is 24.5 Å². The highest BCUT2D eigenvalue weighted by atomic mass is 19.1. The lowest BCUT2D eigenvalue weighted by Crippen LogP contribution is -2.00. The molecule has 5 nitrogen and oxygen atoms in total. The first-order chi connectivity index (χ1) is 9.69. The Morgan fingerprint density at radius 3 is 2.70 bits per heavy atom. The number of rotatable bonds is 5. The molecule has 0 aliphatic heterocycles. The molecule has 0 radical (unpaired) electrons. The van der Waals surface area contributed by atoms with Crippen LogP contribution >= 0.6 is 0 Å². The molecule has 2 rings (SSSR count). The molecule has 0 atom stereocenters. The van der Waals surface area contributed by atoms with Crippen molar-refractivity contribution < 1.29 is 19.0 Å². The number of halogens is 1. The summed E-state index contributed by atoms with van der Waals surface area (Å²) in [5.74, 6) is -0.00727. The van der Waals surface area contributed by atoms with Crippen LogP contribution in [-0.2, 0) is 13.0 Å². The second kappa shape index (κ2) is 6.29. The third kappa shape index (κ3) is 2.85. The van der Waals surface area contributed by atoms with Gasteiger partial charge in [0.25, 0.3) is 5.88 Å². The van der Waals surface area contributed by atoms with Crippen molar-refractivity contribution in [2.24, 2.45) is 0 Å². The summed E-state index contributed by atoms with van der Waals surface area (Å²) in [5.41, 5.74) is 0.965. The molecule has 1 aromatic heterocycles. The van der Waals surface area contributed by atoms with Gasteiger partial charge in [-0.05, 0) is 24.1 Å². The number of aliphatic hydroxyl groups excluding tert-OH is 1. The number of aromatic nitrogens is 2. The number of ether oxygens (including phenoxy) is 2. The third-order valence-corrected chi connectivity index (χ3v) is 2.78. The van der Waals surface area contributed by atoms with Gasteiger partial charge in [-0.25, -0.2) is 4.98 Å². The van der Waals surface area contributed by atoms with Crippen LogP contribution in [0.3, 0.4) is 0 Å². The van der Waals surface area contributed by atoms with Crippen molar-refractivity contribution in [2.45, 2.75) is 20.0 Å². The molecule has 0 saturated heterocycles. The SMILES string of the molecule is CCc1ncnc(Oc2ccc(CO)cc2OC)c1F. The Balaban J connectivity index is 2.35. The van der Waals surface area contributed by atoms with Gasteiger partial charge in [-0.2, -0.15) is 9.37 Å². The maximum atomic E-state index is 14.0. The maximum absolute atomic E-state index is 14.0. The van der Waals surface area contributed by atoms with E-state index in [-0.39, 0.29) is 12.5 Å². The second-order valence-corrected chi connectivity index (χ2v) is 4.04. The van der Waals surface area contributed by atoms with Crippen molar-refractivity contribution in [3.05, 3.63) is 41.6 Å². The van der Waals surface area contributed by atoms with E-state index in [2.05, 4.69) is 9.97 Å². The van der Waals surface area contributed by atoms with Gasteiger partial charge >= 0.3 is 0 Å². The first-order valence-corrected chi connectivity index (χ1v) is 6.14. The van der Waals surface area contributed by atoms with Gasteiger partial charge in [0.2, 0.25) is 5.82 Å². The average molecular weight is 278 g/mol. The minimum Gasteiger partial charge on any atom is -0.493 e. The second-order valence-electron chi connectivity index (χ2n) is 4.04. The van der Waals surface area contributed by atoms with E-state index in [4.69, 9.17) is 14.6 Å². The van der Waals surface area contributed by atoms with Gasteiger partial charge < -0.3 is 14.6 Å². The fraction of sp³-hybridized carbons (Fsp3) is 0.286. The summed E-state index contributed by atoms with van der Waals surface area (Å²) < 4.78 is 24.6. The highest BCUT2D eigenvalue weighted by Gasteiger charge is 2.14. The zero-order chi connectivity index (χ0) is 14.5. The zero-order valence-electron chi connectivity index (χ0n) is 11.3. The van der Waals surface area contributed by atoms with Gasteiger partial charge in [0.05, 0.1) is 19.4 Å². The fourth-order valence-corrected chi connectivity index (χ4v) is 1.70. The van der Waals surface area contributed by atoms with Gasteiger partial charge in [0, 0.05) is 0 Å². The molecule has 0 saturated carbocycles. The van der Waals surface area contributed by atoms with Crippen molar-refractivity contribution in [1.82, 2.24) is 9.97 Å². The number of nitrogens with zero attached hydrogens (tertiary/aromatic N) is 2. The predicted molar refractivity (Wildman–Crippen MR) is 70.4 cm³/mol. The van der Waals surface area contributed by atoms with E-state index in [1.807, 2.05) is 0 Å². The van der Waals surface area contributed by atoms with Gasteiger partial charge in [-0.15, -0.1) is 0 Å². The van der Waals surface area contributed by atoms with Crippen molar-refractivity contribution in [1.29, 1.82) is 0 Å². The van der Waals surface area contributed by atoms with Crippen LogP contribution in [-0.4, -0.2) is 22.2 Å². The lowest BCUT2D eigenvalue weighted by Gasteiger charge is -2.11. The summed E-state index contributed by atoms with van der Waals surface area (Å²) in [5, 5.41) is 9.07. The molecule has 1 heterocycles. The van der Waals surface area contributed by atoms with E-state index in [9.17, 15) is 4.39 Å². The van der Waals surface area contributed by atoms with Crippen LogP contribution < -0.4 is 9.47 Å². The van der Waals surface area contributed by atoms with Crippen LogP contribution in [0.25, 0.3) is 0 Å². The van der Waals surface area contributed by atoms with E-state index < -0.39 is 5.82 Å².